The molecule has 2 N–H and O–H groups in total. The fourth-order valence-corrected chi connectivity index (χ4v) is 1.24. The molecular formula is C18H26FNO2. The van der Waals surface area contributed by atoms with E-state index in [9.17, 15) is 4.39 Å². The molecule has 2 rings (SSSR count). The number of hydrogen-bond donors (Lipinski definition) is 2. The average molecular weight is 307 g/mol. The van der Waals surface area contributed by atoms with Crippen molar-refractivity contribution in [2.45, 2.75) is 27.7 Å². The number of phenols is 1. The molecule has 0 aliphatic rings. The number of phenolic OH excluding ortho intramolecular Hbond substituents is 1. The van der Waals surface area contributed by atoms with Crippen LogP contribution in [-0.2, 0) is 0 Å². The zero-order valence-electron chi connectivity index (χ0n) is 13.9. The quantitative estimate of drug-likeness (QED) is 0.772. The van der Waals surface area contributed by atoms with Crippen molar-refractivity contribution in [3.8, 4) is 5.75 Å². The van der Waals surface area contributed by atoms with Gasteiger partial charge in [0.2, 0.25) is 0 Å². The van der Waals surface area contributed by atoms with E-state index in [0.29, 0.717) is 5.69 Å². The number of aliphatic hydroxyl groups excluding tert-OH is 1. The Balaban J connectivity index is 0. The minimum atomic E-state index is -0.274. The van der Waals surface area contributed by atoms with Crippen LogP contribution in [-0.4, -0.2) is 23.5 Å². The standard InChI is InChI=1S/C13H10FNO.2C2H6.CH4O/c14-11-3-5-12(6-4-11)15-9-10-1-7-13(16)8-2-10;3*1-2/h1-9,16H;2*1-2H3;2H,1H3. The summed E-state index contributed by atoms with van der Waals surface area (Å²) in [5.74, 6) is -0.0532. The third-order valence-electron chi connectivity index (χ3n) is 2.08. The number of aromatic hydroxyl groups is 1. The summed E-state index contributed by atoms with van der Waals surface area (Å²) in [6.45, 7) is 8.00. The maximum absolute atomic E-state index is 12.6. The van der Waals surface area contributed by atoms with Crippen molar-refractivity contribution < 1.29 is 14.6 Å². The van der Waals surface area contributed by atoms with Crippen LogP contribution in [0.2, 0.25) is 0 Å². The number of rotatable bonds is 2. The van der Waals surface area contributed by atoms with E-state index in [1.54, 1.807) is 42.6 Å². The van der Waals surface area contributed by atoms with Gasteiger partial charge >= 0.3 is 0 Å². The second-order valence-corrected chi connectivity index (χ2v) is 3.33. The van der Waals surface area contributed by atoms with Crippen LogP contribution in [0.25, 0.3) is 0 Å². The summed E-state index contributed by atoms with van der Waals surface area (Å²) in [5, 5.41) is 16.1. The van der Waals surface area contributed by atoms with Crippen molar-refractivity contribution >= 4 is 11.9 Å². The van der Waals surface area contributed by atoms with Crippen LogP contribution in [0.1, 0.15) is 33.3 Å². The van der Waals surface area contributed by atoms with Crippen LogP contribution in [0, 0.1) is 5.82 Å². The summed E-state index contributed by atoms with van der Waals surface area (Å²) >= 11 is 0. The van der Waals surface area contributed by atoms with Crippen molar-refractivity contribution in [1.29, 1.82) is 0 Å². The molecule has 0 radical (unpaired) electrons. The number of halogens is 1. The third-order valence-corrected chi connectivity index (χ3v) is 2.08. The number of nitrogens with zero attached hydrogens (tertiary/aromatic N) is 1. The normalized spacial score (nSPS) is 8.68. The summed E-state index contributed by atoms with van der Waals surface area (Å²) in [7, 11) is 1.00. The van der Waals surface area contributed by atoms with Gasteiger partial charge in [0.1, 0.15) is 11.6 Å². The number of hydrogen-bond acceptors (Lipinski definition) is 3. The van der Waals surface area contributed by atoms with Gasteiger partial charge in [-0.15, -0.1) is 0 Å². The average Bonchev–Trinajstić information content (AvgIpc) is 2.61. The number of aliphatic imine (C=N–C) groups is 1. The van der Waals surface area contributed by atoms with E-state index < -0.39 is 0 Å². The third kappa shape index (κ3) is 9.66. The lowest BCUT2D eigenvalue weighted by Crippen LogP contribution is -1.79. The van der Waals surface area contributed by atoms with Crippen LogP contribution >= 0.6 is 0 Å². The van der Waals surface area contributed by atoms with E-state index in [1.165, 1.54) is 12.1 Å². The minimum Gasteiger partial charge on any atom is -0.508 e. The minimum absolute atomic E-state index is 0.221. The first-order chi connectivity index (χ1) is 10.7. The lowest BCUT2D eigenvalue weighted by Gasteiger charge is -1.95. The van der Waals surface area contributed by atoms with Gasteiger partial charge in [-0.1, -0.05) is 27.7 Å². The van der Waals surface area contributed by atoms with Gasteiger partial charge in [-0.2, -0.15) is 0 Å². The molecule has 22 heavy (non-hydrogen) atoms. The monoisotopic (exact) mass is 307 g/mol. The molecule has 2 aromatic carbocycles. The topological polar surface area (TPSA) is 52.8 Å². The van der Waals surface area contributed by atoms with E-state index in [1.807, 2.05) is 27.7 Å². The Morgan fingerprint density at radius 2 is 1.27 bits per heavy atom. The Labute approximate surface area is 132 Å². The van der Waals surface area contributed by atoms with Crippen molar-refractivity contribution in [3.63, 3.8) is 0 Å². The fraction of sp³-hybridized carbons (Fsp3) is 0.278. The second kappa shape index (κ2) is 15.2. The van der Waals surface area contributed by atoms with Crippen LogP contribution < -0.4 is 0 Å². The van der Waals surface area contributed by atoms with Crippen molar-refractivity contribution in [3.05, 3.63) is 59.9 Å². The summed E-state index contributed by atoms with van der Waals surface area (Å²) in [6, 6.07) is 12.6. The molecule has 0 saturated carbocycles. The molecule has 0 bridgehead atoms. The Hall–Kier alpha value is -2.20. The Morgan fingerprint density at radius 3 is 1.73 bits per heavy atom. The molecule has 0 fully saturated rings. The van der Waals surface area contributed by atoms with E-state index >= 15 is 0 Å². The zero-order valence-corrected chi connectivity index (χ0v) is 13.9. The first-order valence-corrected chi connectivity index (χ1v) is 7.27. The SMILES string of the molecule is CC.CC.CO.Oc1ccc(C=Nc2ccc(F)cc2)cc1. The largest absolute Gasteiger partial charge is 0.508 e. The molecule has 0 heterocycles. The lowest BCUT2D eigenvalue weighted by molar-refractivity contribution is 0.399. The van der Waals surface area contributed by atoms with Crippen LogP contribution in [0.3, 0.4) is 0 Å². The van der Waals surface area contributed by atoms with Gasteiger partial charge in [0.05, 0.1) is 5.69 Å². The molecule has 4 heteroatoms. The van der Waals surface area contributed by atoms with Gasteiger partial charge in [0, 0.05) is 13.3 Å². The predicted octanol–water partition coefficient (Wildman–Crippen LogP) is 4.94. The highest BCUT2D eigenvalue weighted by Gasteiger charge is 1.91. The molecule has 3 nitrogen and oxygen atoms in total. The molecular weight excluding hydrogens is 281 g/mol. The maximum Gasteiger partial charge on any atom is 0.123 e. The summed E-state index contributed by atoms with van der Waals surface area (Å²) in [6.07, 6.45) is 1.66. The van der Waals surface area contributed by atoms with Crippen LogP contribution in [0.15, 0.2) is 53.5 Å². The molecule has 0 atom stereocenters. The Morgan fingerprint density at radius 1 is 0.818 bits per heavy atom. The smallest absolute Gasteiger partial charge is 0.123 e. The van der Waals surface area contributed by atoms with Gasteiger partial charge in [0.15, 0.2) is 0 Å². The van der Waals surface area contributed by atoms with E-state index in [-0.39, 0.29) is 11.6 Å². The molecule has 0 aliphatic heterocycles. The van der Waals surface area contributed by atoms with Crippen LogP contribution in [0.4, 0.5) is 10.1 Å². The highest BCUT2D eigenvalue weighted by atomic mass is 19.1. The number of aliphatic hydroxyl groups is 1. The summed E-state index contributed by atoms with van der Waals surface area (Å²) in [5.41, 5.74) is 1.57. The highest BCUT2D eigenvalue weighted by Crippen LogP contribution is 2.13. The van der Waals surface area contributed by atoms with Crippen molar-refractivity contribution in [2.75, 3.05) is 7.11 Å². The molecule has 0 unspecified atom stereocenters. The van der Waals surface area contributed by atoms with Gasteiger partial charge in [-0.3, -0.25) is 4.99 Å². The Kier molecular flexibility index (Phi) is 15.3. The molecule has 0 saturated heterocycles. The van der Waals surface area contributed by atoms with E-state index in [2.05, 4.69) is 4.99 Å². The zero-order chi connectivity index (χ0) is 17.4. The molecule has 0 amide bonds. The van der Waals surface area contributed by atoms with Crippen molar-refractivity contribution in [1.82, 2.24) is 0 Å². The van der Waals surface area contributed by atoms with Crippen LogP contribution in [0.5, 0.6) is 5.75 Å². The highest BCUT2D eigenvalue weighted by molar-refractivity contribution is 5.82. The first kappa shape index (κ1) is 22.1. The van der Waals surface area contributed by atoms with E-state index in [4.69, 9.17) is 10.2 Å². The molecule has 122 valence electrons. The molecule has 0 spiro atoms. The summed E-state index contributed by atoms with van der Waals surface area (Å²) < 4.78 is 12.6. The van der Waals surface area contributed by atoms with E-state index in [0.717, 1.165) is 12.7 Å². The second-order valence-electron chi connectivity index (χ2n) is 3.33. The number of benzene rings is 2. The first-order valence-electron chi connectivity index (χ1n) is 7.27. The molecule has 0 aliphatic carbocycles. The van der Waals surface area contributed by atoms with Gasteiger partial charge in [-0.05, 0) is 54.1 Å². The maximum atomic E-state index is 12.6. The molecule has 0 aromatic heterocycles. The van der Waals surface area contributed by atoms with Gasteiger partial charge in [0.25, 0.3) is 0 Å². The van der Waals surface area contributed by atoms with Gasteiger partial charge in [-0.25, -0.2) is 4.39 Å². The predicted molar refractivity (Wildman–Crippen MR) is 92.6 cm³/mol. The fourth-order valence-electron chi connectivity index (χ4n) is 1.24. The van der Waals surface area contributed by atoms with Gasteiger partial charge < -0.3 is 10.2 Å². The summed E-state index contributed by atoms with van der Waals surface area (Å²) in [4.78, 5) is 4.17. The Bertz CT molecular complexity index is 446. The lowest BCUT2D eigenvalue weighted by atomic mass is 10.2. The molecule has 2 aromatic rings. The van der Waals surface area contributed by atoms with Crippen molar-refractivity contribution in [2.24, 2.45) is 4.99 Å².